The number of hydrogen-bond donors (Lipinski definition) is 1. The van der Waals surface area contributed by atoms with Gasteiger partial charge < -0.3 is 10.5 Å². The smallest absolute Gasteiger partial charge is 0.128 e. The molecule has 15 heavy (non-hydrogen) atoms. The minimum absolute atomic E-state index is 0.553. The van der Waals surface area contributed by atoms with Gasteiger partial charge in [-0.15, -0.1) is 11.8 Å². The van der Waals surface area contributed by atoms with Crippen LogP contribution in [-0.2, 0) is 4.74 Å². The number of nitrogens with two attached hydrogens (primary N) is 1. The van der Waals surface area contributed by atoms with Crippen molar-refractivity contribution in [3.8, 4) is 0 Å². The highest BCUT2D eigenvalue weighted by Crippen LogP contribution is 2.28. The third-order valence-electron chi connectivity index (χ3n) is 2.29. The monoisotopic (exact) mass is 225 g/mol. The molecule has 1 aliphatic heterocycles. The molecular weight excluding hydrogens is 210 g/mol. The summed E-state index contributed by atoms with van der Waals surface area (Å²) in [5, 5.41) is 1.58. The van der Waals surface area contributed by atoms with E-state index in [0.717, 1.165) is 36.9 Å². The number of rotatable bonds is 2. The minimum atomic E-state index is 0.553. The molecule has 0 bridgehead atoms. The van der Waals surface area contributed by atoms with Gasteiger partial charge in [0.15, 0.2) is 0 Å². The lowest BCUT2D eigenvalue weighted by molar-refractivity contribution is 0.1000. The maximum absolute atomic E-state index is 5.68. The van der Waals surface area contributed by atoms with Crippen molar-refractivity contribution in [2.24, 2.45) is 0 Å². The van der Waals surface area contributed by atoms with Crippen molar-refractivity contribution < 1.29 is 4.74 Å². The maximum Gasteiger partial charge on any atom is 0.128 e. The van der Waals surface area contributed by atoms with Gasteiger partial charge in [-0.2, -0.15) is 0 Å². The summed E-state index contributed by atoms with van der Waals surface area (Å²) in [6, 6.07) is 1.84. The number of aromatic nitrogens is 2. The summed E-state index contributed by atoms with van der Waals surface area (Å²) in [5.41, 5.74) is 5.68. The molecule has 1 fully saturated rings. The van der Waals surface area contributed by atoms with Crippen molar-refractivity contribution >= 4 is 17.6 Å². The average molecular weight is 225 g/mol. The molecule has 0 unspecified atom stereocenters. The van der Waals surface area contributed by atoms with Gasteiger partial charge in [0.05, 0.1) is 0 Å². The molecule has 1 saturated heterocycles. The topological polar surface area (TPSA) is 61.0 Å². The molecule has 5 heteroatoms. The van der Waals surface area contributed by atoms with Crippen molar-refractivity contribution in [1.82, 2.24) is 9.97 Å². The summed E-state index contributed by atoms with van der Waals surface area (Å²) in [6.45, 7) is 3.58. The van der Waals surface area contributed by atoms with Crippen LogP contribution < -0.4 is 5.73 Å². The fraction of sp³-hybridized carbons (Fsp3) is 0.600. The van der Waals surface area contributed by atoms with Crippen LogP contribution in [0.2, 0.25) is 0 Å². The predicted molar refractivity (Wildman–Crippen MR) is 60.9 cm³/mol. The van der Waals surface area contributed by atoms with Gasteiger partial charge in [0.2, 0.25) is 0 Å². The molecule has 1 aromatic heterocycles. The first-order valence-corrected chi connectivity index (χ1v) is 5.97. The second kappa shape index (κ2) is 4.81. The summed E-state index contributed by atoms with van der Waals surface area (Å²) >= 11 is 1.78. The zero-order chi connectivity index (χ0) is 10.7. The van der Waals surface area contributed by atoms with E-state index in [2.05, 4.69) is 9.97 Å². The normalized spacial score (nSPS) is 17.9. The van der Waals surface area contributed by atoms with Crippen molar-refractivity contribution in [1.29, 1.82) is 0 Å². The number of anilines is 1. The molecule has 0 aliphatic carbocycles. The van der Waals surface area contributed by atoms with Crippen molar-refractivity contribution in [3.05, 3.63) is 11.9 Å². The van der Waals surface area contributed by atoms with Crippen LogP contribution in [0.25, 0.3) is 0 Å². The zero-order valence-electron chi connectivity index (χ0n) is 8.77. The lowest BCUT2D eigenvalue weighted by atomic mass is 10.2. The first kappa shape index (κ1) is 10.7. The number of nitrogens with zero attached hydrogens (tertiary/aromatic N) is 2. The Morgan fingerprint density at radius 2 is 2.13 bits per heavy atom. The highest BCUT2D eigenvalue weighted by molar-refractivity contribution is 7.99. The molecule has 2 heterocycles. The van der Waals surface area contributed by atoms with Gasteiger partial charge in [-0.3, -0.25) is 0 Å². The van der Waals surface area contributed by atoms with Crippen LogP contribution in [0.5, 0.6) is 0 Å². The van der Waals surface area contributed by atoms with E-state index in [1.165, 1.54) is 0 Å². The third kappa shape index (κ3) is 3.07. The highest BCUT2D eigenvalue weighted by Gasteiger charge is 2.16. The van der Waals surface area contributed by atoms with Crippen molar-refractivity contribution in [2.45, 2.75) is 30.0 Å². The quantitative estimate of drug-likeness (QED) is 0.775. The Hall–Kier alpha value is -0.810. The Kier molecular flexibility index (Phi) is 3.43. The fourth-order valence-electron chi connectivity index (χ4n) is 1.59. The lowest BCUT2D eigenvalue weighted by Crippen LogP contribution is -2.17. The minimum Gasteiger partial charge on any atom is -0.384 e. The maximum atomic E-state index is 5.68. The summed E-state index contributed by atoms with van der Waals surface area (Å²) < 4.78 is 5.31. The van der Waals surface area contributed by atoms with E-state index in [9.17, 15) is 0 Å². The van der Waals surface area contributed by atoms with E-state index in [-0.39, 0.29) is 0 Å². The summed E-state index contributed by atoms with van der Waals surface area (Å²) in [4.78, 5) is 8.42. The van der Waals surface area contributed by atoms with Crippen molar-refractivity contribution in [3.63, 3.8) is 0 Å². The average Bonchev–Trinajstić information content (AvgIpc) is 2.17. The van der Waals surface area contributed by atoms with Gasteiger partial charge >= 0.3 is 0 Å². The Balaban J connectivity index is 2.02. The van der Waals surface area contributed by atoms with Crippen LogP contribution in [0.1, 0.15) is 18.7 Å². The molecule has 0 amide bonds. The van der Waals surface area contributed by atoms with E-state index >= 15 is 0 Å². The van der Waals surface area contributed by atoms with E-state index < -0.39 is 0 Å². The Bertz CT molecular complexity index is 319. The number of thioether (sulfide) groups is 1. The van der Waals surface area contributed by atoms with Gasteiger partial charge in [0.25, 0.3) is 0 Å². The molecule has 2 N–H and O–H groups in total. The molecule has 0 saturated carbocycles. The second-order valence-corrected chi connectivity index (χ2v) is 4.93. The first-order valence-electron chi connectivity index (χ1n) is 5.09. The van der Waals surface area contributed by atoms with Crippen LogP contribution in [-0.4, -0.2) is 28.4 Å². The standard InChI is InChI=1S/C10H15N3OS/c1-7-12-9(11)6-10(13-7)15-8-2-4-14-5-3-8/h6,8H,2-5H2,1H3,(H2,11,12,13). The van der Waals surface area contributed by atoms with Gasteiger partial charge in [-0.1, -0.05) is 0 Å². The van der Waals surface area contributed by atoms with E-state index in [0.29, 0.717) is 11.1 Å². The number of aryl methyl sites for hydroxylation is 1. The second-order valence-electron chi connectivity index (χ2n) is 3.61. The predicted octanol–water partition coefficient (Wildman–Crippen LogP) is 1.64. The molecule has 1 aliphatic rings. The Labute approximate surface area is 93.6 Å². The lowest BCUT2D eigenvalue weighted by Gasteiger charge is -2.20. The van der Waals surface area contributed by atoms with Crippen LogP contribution in [0.3, 0.4) is 0 Å². The molecule has 82 valence electrons. The summed E-state index contributed by atoms with van der Waals surface area (Å²) in [6.07, 6.45) is 2.18. The van der Waals surface area contributed by atoms with Gasteiger partial charge in [0, 0.05) is 24.5 Å². The summed E-state index contributed by atoms with van der Waals surface area (Å²) in [7, 11) is 0. The highest BCUT2D eigenvalue weighted by atomic mass is 32.2. The van der Waals surface area contributed by atoms with Gasteiger partial charge in [-0.05, 0) is 19.8 Å². The largest absolute Gasteiger partial charge is 0.384 e. The zero-order valence-corrected chi connectivity index (χ0v) is 9.59. The molecule has 0 aromatic carbocycles. The van der Waals surface area contributed by atoms with Crippen LogP contribution in [0.15, 0.2) is 11.1 Å². The third-order valence-corrected chi connectivity index (χ3v) is 3.55. The fourth-order valence-corrected chi connectivity index (χ4v) is 2.73. The van der Waals surface area contributed by atoms with Crippen molar-refractivity contribution in [2.75, 3.05) is 18.9 Å². The summed E-state index contributed by atoms with van der Waals surface area (Å²) in [5.74, 6) is 1.29. The molecule has 4 nitrogen and oxygen atoms in total. The number of ether oxygens (including phenoxy) is 1. The Morgan fingerprint density at radius 3 is 2.80 bits per heavy atom. The van der Waals surface area contributed by atoms with Gasteiger partial charge in [-0.25, -0.2) is 9.97 Å². The number of hydrogen-bond acceptors (Lipinski definition) is 5. The molecule has 2 rings (SSSR count). The van der Waals surface area contributed by atoms with Crippen LogP contribution in [0.4, 0.5) is 5.82 Å². The molecular formula is C10H15N3OS. The molecule has 0 atom stereocenters. The van der Waals surface area contributed by atoms with E-state index in [1.54, 1.807) is 11.8 Å². The van der Waals surface area contributed by atoms with E-state index in [4.69, 9.17) is 10.5 Å². The molecule has 1 aromatic rings. The van der Waals surface area contributed by atoms with Crippen LogP contribution in [0, 0.1) is 6.92 Å². The first-order chi connectivity index (χ1) is 7.24. The number of nitrogen functional groups attached to an aromatic ring is 1. The molecule has 0 spiro atoms. The Morgan fingerprint density at radius 1 is 1.40 bits per heavy atom. The van der Waals surface area contributed by atoms with E-state index in [1.807, 2.05) is 13.0 Å². The SMILES string of the molecule is Cc1nc(N)cc(SC2CCOCC2)n1. The van der Waals surface area contributed by atoms with Gasteiger partial charge in [0.1, 0.15) is 16.7 Å². The molecule has 0 radical (unpaired) electrons. The van der Waals surface area contributed by atoms with Crippen LogP contribution >= 0.6 is 11.8 Å².